The predicted molar refractivity (Wildman–Crippen MR) is 92.5 cm³/mol. The van der Waals surface area contributed by atoms with E-state index in [9.17, 15) is 9.90 Å². The third-order valence-electron chi connectivity index (χ3n) is 4.32. The number of carbonyl (C=O) groups excluding carboxylic acids is 1. The van der Waals surface area contributed by atoms with Crippen LogP contribution in [0.4, 0.5) is 0 Å². The lowest BCUT2D eigenvalue weighted by Gasteiger charge is -2.18. The summed E-state index contributed by atoms with van der Waals surface area (Å²) in [4.78, 5) is 18.4. The number of pyridine rings is 1. The standard InChI is InChI=1S/C19H20N4O2/c20-9-14-5-6-18(21-10-14)19(25)22-11-15-3-1-2-4-16(15)12-23-8-7-17(24)13-23/h1-6,10,17,24H,7-8,11-13H2,(H,22,25)/t17-/m0/s1. The summed E-state index contributed by atoms with van der Waals surface area (Å²) < 4.78 is 0. The van der Waals surface area contributed by atoms with Crippen LogP contribution >= 0.6 is 0 Å². The van der Waals surface area contributed by atoms with Crippen LogP contribution in [0.5, 0.6) is 0 Å². The number of carbonyl (C=O) groups is 1. The van der Waals surface area contributed by atoms with Gasteiger partial charge >= 0.3 is 0 Å². The van der Waals surface area contributed by atoms with Gasteiger partial charge in [-0.05, 0) is 29.7 Å². The average molecular weight is 336 g/mol. The topological polar surface area (TPSA) is 89.2 Å². The number of aliphatic hydroxyl groups excluding tert-OH is 1. The zero-order chi connectivity index (χ0) is 17.6. The summed E-state index contributed by atoms with van der Waals surface area (Å²) in [6, 6.07) is 13.1. The van der Waals surface area contributed by atoms with E-state index in [0.29, 0.717) is 24.3 Å². The maximum Gasteiger partial charge on any atom is 0.270 e. The first-order valence-electron chi connectivity index (χ1n) is 8.27. The zero-order valence-corrected chi connectivity index (χ0v) is 13.9. The Hall–Kier alpha value is -2.75. The van der Waals surface area contributed by atoms with E-state index in [1.807, 2.05) is 30.3 Å². The van der Waals surface area contributed by atoms with Crippen LogP contribution in [-0.4, -0.2) is 40.1 Å². The molecule has 0 spiro atoms. The summed E-state index contributed by atoms with van der Waals surface area (Å²) in [5.74, 6) is -0.268. The highest BCUT2D eigenvalue weighted by atomic mass is 16.3. The Morgan fingerprint density at radius 2 is 2.12 bits per heavy atom. The van der Waals surface area contributed by atoms with Crippen LogP contribution in [-0.2, 0) is 13.1 Å². The van der Waals surface area contributed by atoms with Crippen LogP contribution < -0.4 is 5.32 Å². The fraction of sp³-hybridized carbons (Fsp3) is 0.316. The first-order valence-corrected chi connectivity index (χ1v) is 8.27. The van der Waals surface area contributed by atoms with Gasteiger partial charge in [0, 0.05) is 32.4 Å². The van der Waals surface area contributed by atoms with E-state index in [2.05, 4.69) is 15.2 Å². The van der Waals surface area contributed by atoms with Crippen molar-refractivity contribution in [3.8, 4) is 6.07 Å². The molecule has 0 unspecified atom stereocenters. The molecule has 2 heterocycles. The molecule has 25 heavy (non-hydrogen) atoms. The number of nitrogens with one attached hydrogen (secondary N) is 1. The smallest absolute Gasteiger partial charge is 0.270 e. The monoisotopic (exact) mass is 336 g/mol. The van der Waals surface area contributed by atoms with Crippen LogP contribution in [0, 0.1) is 11.3 Å². The third kappa shape index (κ3) is 4.41. The predicted octanol–water partition coefficient (Wildman–Crippen LogP) is 1.45. The second kappa shape index (κ2) is 7.88. The molecule has 2 aromatic rings. The molecule has 1 aromatic heterocycles. The molecule has 1 atom stereocenters. The number of benzene rings is 1. The lowest BCUT2D eigenvalue weighted by molar-refractivity contribution is 0.0946. The third-order valence-corrected chi connectivity index (χ3v) is 4.32. The van der Waals surface area contributed by atoms with Gasteiger partial charge in [-0.15, -0.1) is 0 Å². The van der Waals surface area contributed by atoms with E-state index in [-0.39, 0.29) is 12.0 Å². The van der Waals surface area contributed by atoms with Crippen molar-refractivity contribution in [3.05, 3.63) is 65.0 Å². The molecule has 1 fully saturated rings. The highest BCUT2D eigenvalue weighted by Crippen LogP contribution is 2.16. The van der Waals surface area contributed by atoms with E-state index in [0.717, 1.165) is 30.6 Å². The summed E-state index contributed by atoms with van der Waals surface area (Å²) in [6.45, 7) is 2.75. The summed E-state index contributed by atoms with van der Waals surface area (Å²) in [5.41, 5.74) is 2.91. The van der Waals surface area contributed by atoms with Crippen molar-refractivity contribution in [3.63, 3.8) is 0 Å². The maximum absolute atomic E-state index is 12.2. The summed E-state index contributed by atoms with van der Waals surface area (Å²) in [6.07, 6.45) is 1.96. The maximum atomic E-state index is 12.2. The molecule has 2 N–H and O–H groups in total. The van der Waals surface area contributed by atoms with E-state index in [4.69, 9.17) is 5.26 Å². The van der Waals surface area contributed by atoms with Crippen molar-refractivity contribution >= 4 is 5.91 Å². The first kappa shape index (κ1) is 17.1. The SMILES string of the molecule is N#Cc1ccc(C(=O)NCc2ccccc2CN2CC[C@H](O)C2)nc1. The molecule has 0 saturated carbocycles. The van der Waals surface area contributed by atoms with Gasteiger partial charge in [0.1, 0.15) is 11.8 Å². The Balaban J connectivity index is 1.62. The highest BCUT2D eigenvalue weighted by Gasteiger charge is 2.20. The van der Waals surface area contributed by atoms with Crippen molar-refractivity contribution in [2.24, 2.45) is 0 Å². The molecule has 0 aliphatic carbocycles. The van der Waals surface area contributed by atoms with Gasteiger partial charge < -0.3 is 10.4 Å². The van der Waals surface area contributed by atoms with Gasteiger partial charge in [-0.3, -0.25) is 9.69 Å². The van der Waals surface area contributed by atoms with Crippen LogP contribution in [0.2, 0.25) is 0 Å². The summed E-state index contributed by atoms with van der Waals surface area (Å²) in [5, 5.41) is 21.3. The van der Waals surface area contributed by atoms with E-state index < -0.39 is 0 Å². The Kier molecular flexibility index (Phi) is 5.39. The van der Waals surface area contributed by atoms with Gasteiger partial charge in [0.15, 0.2) is 0 Å². The van der Waals surface area contributed by atoms with Crippen molar-refractivity contribution in [2.45, 2.75) is 25.6 Å². The van der Waals surface area contributed by atoms with Gasteiger partial charge in [0.2, 0.25) is 0 Å². The molecule has 6 nitrogen and oxygen atoms in total. The molecule has 0 bridgehead atoms. The van der Waals surface area contributed by atoms with Crippen molar-refractivity contribution < 1.29 is 9.90 Å². The van der Waals surface area contributed by atoms with E-state index in [1.54, 1.807) is 12.1 Å². The van der Waals surface area contributed by atoms with E-state index in [1.165, 1.54) is 6.20 Å². The minimum absolute atomic E-state index is 0.241. The molecule has 6 heteroatoms. The zero-order valence-electron chi connectivity index (χ0n) is 13.9. The quantitative estimate of drug-likeness (QED) is 0.863. The normalized spacial score (nSPS) is 17.2. The Labute approximate surface area is 146 Å². The number of aromatic nitrogens is 1. The minimum Gasteiger partial charge on any atom is -0.392 e. The number of aliphatic hydroxyl groups is 1. The van der Waals surface area contributed by atoms with Gasteiger partial charge in [0.25, 0.3) is 5.91 Å². The average Bonchev–Trinajstić information content (AvgIpc) is 3.05. The van der Waals surface area contributed by atoms with Crippen LogP contribution in [0.15, 0.2) is 42.6 Å². The lowest BCUT2D eigenvalue weighted by Crippen LogP contribution is -2.26. The van der Waals surface area contributed by atoms with Crippen molar-refractivity contribution in [2.75, 3.05) is 13.1 Å². The number of β-amino-alcohol motifs (C(OH)–C–C–N with tert-alkyl or cyclic N) is 1. The summed E-state index contributed by atoms with van der Waals surface area (Å²) in [7, 11) is 0. The van der Waals surface area contributed by atoms with Crippen molar-refractivity contribution in [1.82, 2.24) is 15.2 Å². The fourth-order valence-electron chi connectivity index (χ4n) is 2.94. The molecule has 1 aromatic carbocycles. The Bertz CT molecular complexity index is 783. The molecular weight excluding hydrogens is 316 g/mol. The first-order chi connectivity index (χ1) is 12.2. The van der Waals surface area contributed by atoms with Crippen LogP contribution in [0.3, 0.4) is 0 Å². The molecule has 1 aliphatic heterocycles. The fourth-order valence-corrected chi connectivity index (χ4v) is 2.94. The number of rotatable bonds is 5. The van der Waals surface area contributed by atoms with Gasteiger partial charge in [-0.1, -0.05) is 24.3 Å². The van der Waals surface area contributed by atoms with Crippen LogP contribution in [0.25, 0.3) is 0 Å². The highest BCUT2D eigenvalue weighted by molar-refractivity contribution is 5.92. The van der Waals surface area contributed by atoms with Crippen LogP contribution in [0.1, 0.15) is 33.6 Å². The van der Waals surface area contributed by atoms with Crippen molar-refractivity contribution in [1.29, 1.82) is 5.26 Å². The largest absolute Gasteiger partial charge is 0.392 e. The molecule has 1 saturated heterocycles. The van der Waals surface area contributed by atoms with E-state index >= 15 is 0 Å². The van der Waals surface area contributed by atoms with Gasteiger partial charge in [-0.2, -0.15) is 5.26 Å². The second-order valence-corrected chi connectivity index (χ2v) is 6.17. The molecule has 1 amide bonds. The minimum atomic E-state index is -0.268. The Morgan fingerprint density at radius 1 is 1.32 bits per heavy atom. The number of nitriles is 1. The number of amides is 1. The number of hydrogen-bond acceptors (Lipinski definition) is 5. The van der Waals surface area contributed by atoms with Gasteiger partial charge in [0.05, 0.1) is 11.7 Å². The molecular formula is C19H20N4O2. The number of nitrogens with zero attached hydrogens (tertiary/aromatic N) is 3. The molecule has 3 rings (SSSR count). The summed E-state index contributed by atoms with van der Waals surface area (Å²) >= 11 is 0. The number of hydrogen-bond donors (Lipinski definition) is 2. The molecule has 128 valence electrons. The molecule has 1 aliphatic rings. The Morgan fingerprint density at radius 3 is 2.76 bits per heavy atom. The number of likely N-dealkylation sites (tertiary alicyclic amines) is 1. The van der Waals surface area contributed by atoms with Gasteiger partial charge in [-0.25, -0.2) is 4.98 Å². The second-order valence-electron chi connectivity index (χ2n) is 6.17. The molecule has 0 radical (unpaired) electrons. The lowest BCUT2D eigenvalue weighted by atomic mass is 10.1.